The van der Waals surface area contributed by atoms with Crippen molar-refractivity contribution in [3.8, 4) is 33.8 Å². The van der Waals surface area contributed by atoms with Crippen LogP contribution in [0.4, 0.5) is 0 Å². The number of phenolic OH excluding ortho intramolecular Hbond substituents is 1. The summed E-state index contributed by atoms with van der Waals surface area (Å²) < 4.78 is 5.78. The minimum Gasteiger partial charge on any atom is -0.507 e. The molecule has 1 N–H and O–H groups in total. The third kappa shape index (κ3) is 4.02. The fourth-order valence-electron chi connectivity index (χ4n) is 3.78. The maximum absolute atomic E-state index is 10.8. The monoisotopic (exact) mass is 380 g/mol. The molecular formula is C27H24O2. The molecule has 0 aliphatic heterocycles. The van der Waals surface area contributed by atoms with E-state index < -0.39 is 0 Å². The van der Waals surface area contributed by atoms with Crippen molar-refractivity contribution < 1.29 is 9.84 Å². The van der Waals surface area contributed by atoms with Gasteiger partial charge in [-0.25, -0.2) is 0 Å². The average molecular weight is 380 g/mol. The van der Waals surface area contributed by atoms with Gasteiger partial charge in [-0.05, 0) is 35.1 Å². The van der Waals surface area contributed by atoms with Gasteiger partial charge in [-0.2, -0.15) is 0 Å². The van der Waals surface area contributed by atoms with Crippen molar-refractivity contribution in [3.05, 3.63) is 108 Å². The van der Waals surface area contributed by atoms with Crippen LogP contribution in [0, 0.1) is 0 Å². The van der Waals surface area contributed by atoms with Crippen LogP contribution in [0.15, 0.2) is 97.1 Å². The molecule has 2 nitrogen and oxygen atoms in total. The van der Waals surface area contributed by atoms with Crippen molar-refractivity contribution in [1.29, 1.82) is 0 Å². The second kappa shape index (κ2) is 8.66. The first-order chi connectivity index (χ1) is 14.3. The van der Waals surface area contributed by atoms with Gasteiger partial charge in [-0.15, -0.1) is 0 Å². The predicted molar refractivity (Wildman–Crippen MR) is 119 cm³/mol. The molecule has 0 amide bonds. The number of benzene rings is 4. The fraction of sp³-hybridized carbons (Fsp3) is 0.111. The van der Waals surface area contributed by atoms with Gasteiger partial charge in [-0.3, -0.25) is 0 Å². The van der Waals surface area contributed by atoms with Crippen LogP contribution in [0.5, 0.6) is 11.5 Å². The van der Waals surface area contributed by atoms with Crippen molar-refractivity contribution >= 4 is 0 Å². The number of phenols is 1. The molecule has 0 spiro atoms. The maximum atomic E-state index is 10.8. The lowest BCUT2D eigenvalue weighted by molar-refractivity contribution is 0.411. The quantitative estimate of drug-likeness (QED) is 0.413. The van der Waals surface area contributed by atoms with E-state index in [9.17, 15) is 5.11 Å². The van der Waals surface area contributed by atoms with Crippen molar-refractivity contribution in [1.82, 2.24) is 0 Å². The van der Waals surface area contributed by atoms with E-state index in [1.165, 1.54) is 0 Å². The molecule has 4 rings (SSSR count). The van der Waals surface area contributed by atoms with E-state index in [0.717, 1.165) is 52.0 Å². The second-order valence-corrected chi connectivity index (χ2v) is 7.04. The lowest BCUT2D eigenvalue weighted by Crippen LogP contribution is -1.98. The Bertz CT molecular complexity index is 1090. The molecule has 0 heterocycles. The SMILES string of the molecule is COc1c(CCc2cccc(-c3ccccc3)c2O)cccc1-c1ccccc1. The van der Waals surface area contributed by atoms with Gasteiger partial charge < -0.3 is 9.84 Å². The molecule has 0 aromatic heterocycles. The molecule has 0 atom stereocenters. The zero-order chi connectivity index (χ0) is 20.1. The minimum absolute atomic E-state index is 0.358. The molecule has 29 heavy (non-hydrogen) atoms. The summed E-state index contributed by atoms with van der Waals surface area (Å²) in [7, 11) is 1.72. The summed E-state index contributed by atoms with van der Waals surface area (Å²) >= 11 is 0. The third-order valence-electron chi connectivity index (χ3n) is 5.25. The second-order valence-electron chi connectivity index (χ2n) is 7.04. The molecule has 4 aromatic rings. The van der Waals surface area contributed by atoms with Gasteiger partial charge in [0.05, 0.1) is 7.11 Å². The molecule has 4 aromatic carbocycles. The highest BCUT2D eigenvalue weighted by Gasteiger charge is 2.13. The Labute approximate surface area is 172 Å². The summed E-state index contributed by atoms with van der Waals surface area (Å²) in [5.74, 6) is 1.26. The number of methoxy groups -OCH3 is 1. The van der Waals surface area contributed by atoms with E-state index in [0.29, 0.717) is 5.75 Å². The summed E-state index contributed by atoms with van der Waals surface area (Å²) in [6.45, 7) is 0. The molecule has 0 unspecified atom stereocenters. The molecule has 0 aliphatic carbocycles. The summed E-state index contributed by atoms with van der Waals surface area (Å²) in [6, 6.07) is 32.5. The van der Waals surface area contributed by atoms with E-state index in [1.54, 1.807) is 7.11 Å². The number of hydrogen-bond donors (Lipinski definition) is 1. The van der Waals surface area contributed by atoms with E-state index in [2.05, 4.69) is 30.3 Å². The van der Waals surface area contributed by atoms with Crippen molar-refractivity contribution in [2.45, 2.75) is 12.8 Å². The van der Waals surface area contributed by atoms with E-state index in [4.69, 9.17) is 4.74 Å². The van der Waals surface area contributed by atoms with E-state index in [-0.39, 0.29) is 0 Å². The molecule has 0 fully saturated rings. The number of para-hydroxylation sites is 2. The average Bonchev–Trinajstić information content (AvgIpc) is 2.79. The normalized spacial score (nSPS) is 10.7. The Morgan fingerprint density at radius 1 is 0.586 bits per heavy atom. The Balaban J connectivity index is 1.62. The minimum atomic E-state index is 0.358. The van der Waals surface area contributed by atoms with E-state index in [1.807, 2.05) is 66.7 Å². The standard InChI is InChI=1S/C27H24O2/c1-29-27-23(15-9-17-25(27)21-12-6-3-7-13-21)19-18-22-14-8-16-24(26(22)28)20-10-4-2-5-11-20/h2-17,28H,18-19H2,1H3. The molecule has 0 aliphatic rings. The smallest absolute Gasteiger partial charge is 0.129 e. The Morgan fingerprint density at radius 3 is 1.72 bits per heavy atom. The van der Waals surface area contributed by atoms with Gasteiger partial charge in [0.2, 0.25) is 0 Å². The number of ether oxygens (including phenoxy) is 1. The van der Waals surface area contributed by atoms with Crippen LogP contribution in [0.1, 0.15) is 11.1 Å². The van der Waals surface area contributed by atoms with Gasteiger partial charge in [0.15, 0.2) is 0 Å². The van der Waals surface area contributed by atoms with Crippen molar-refractivity contribution in [2.75, 3.05) is 7.11 Å². The maximum Gasteiger partial charge on any atom is 0.129 e. The summed E-state index contributed by atoms with van der Waals surface area (Å²) in [5.41, 5.74) is 6.20. The summed E-state index contributed by atoms with van der Waals surface area (Å²) in [6.07, 6.45) is 1.52. The van der Waals surface area contributed by atoms with Gasteiger partial charge in [-0.1, -0.05) is 97.1 Å². The van der Waals surface area contributed by atoms with Crippen LogP contribution in [-0.2, 0) is 12.8 Å². The number of aromatic hydroxyl groups is 1. The van der Waals surface area contributed by atoms with Crippen LogP contribution in [-0.4, -0.2) is 12.2 Å². The number of rotatable bonds is 6. The molecular weight excluding hydrogens is 356 g/mol. The molecule has 0 radical (unpaired) electrons. The van der Waals surface area contributed by atoms with Gasteiger partial charge in [0.25, 0.3) is 0 Å². The summed E-state index contributed by atoms with van der Waals surface area (Å²) in [4.78, 5) is 0. The Morgan fingerprint density at radius 2 is 1.10 bits per heavy atom. The first kappa shape index (κ1) is 18.8. The first-order valence-electron chi connectivity index (χ1n) is 9.85. The molecule has 0 saturated carbocycles. The molecule has 0 bridgehead atoms. The topological polar surface area (TPSA) is 29.5 Å². The van der Waals surface area contributed by atoms with Crippen LogP contribution < -0.4 is 4.74 Å². The van der Waals surface area contributed by atoms with Crippen LogP contribution in [0.3, 0.4) is 0 Å². The Hall–Kier alpha value is -3.52. The van der Waals surface area contributed by atoms with E-state index >= 15 is 0 Å². The van der Waals surface area contributed by atoms with Gasteiger partial charge >= 0.3 is 0 Å². The zero-order valence-corrected chi connectivity index (χ0v) is 16.5. The molecule has 0 saturated heterocycles. The lowest BCUT2D eigenvalue weighted by Gasteiger charge is -2.15. The van der Waals surface area contributed by atoms with Gasteiger partial charge in [0.1, 0.15) is 11.5 Å². The van der Waals surface area contributed by atoms with Gasteiger partial charge in [0, 0.05) is 11.1 Å². The third-order valence-corrected chi connectivity index (χ3v) is 5.25. The number of aryl methyl sites for hydroxylation is 2. The molecule has 144 valence electrons. The predicted octanol–water partition coefficient (Wildman–Crippen LogP) is 6.52. The molecule has 2 heteroatoms. The fourth-order valence-corrected chi connectivity index (χ4v) is 3.78. The van der Waals surface area contributed by atoms with Crippen LogP contribution in [0.25, 0.3) is 22.3 Å². The first-order valence-corrected chi connectivity index (χ1v) is 9.85. The Kier molecular flexibility index (Phi) is 5.62. The zero-order valence-electron chi connectivity index (χ0n) is 16.5. The summed E-state index contributed by atoms with van der Waals surface area (Å²) in [5, 5.41) is 10.8. The number of hydrogen-bond acceptors (Lipinski definition) is 2. The van der Waals surface area contributed by atoms with Crippen molar-refractivity contribution in [2.24, 2.45) is 0 Å². The van der Waals surface area contributed by atoms with Crippen LogP contribution in [0.2, 0.25) is 0 Å². The lowest BCUT2D eigenvalue weighted by atomic mass is 9.95. The highest BCUT2D eigenvalue weighted by atomic mass is 16.5. The van der Waals surface area contributed by atoms with Crippen molar-refractivity contribution in [3.63, 3.8) is 0 Å². The van der Waals surface area contributed by atoms with Crippen LogP contribution >= 0.6 is 0 Å². The highest BCUT2D eigenvalue weighted by Crippen LogP contribution is 2.36. The highest BCUT2D eigenvalue weighted by molar-refractivity contribution is 5.73. The largest absolute Gasteiger partial charge is 0.507 e.